The highest BCUT2D eigenvalue weighted by Crippen LogP contribution is 2.31. The highest BCUT2D eigenvalue weighted by Gasteiger charge is 2.14. The number of hydrogen-bond acceptors (Lipinski definition) is 1. The Labute approximate surface area is 172 Å². The van der Waals surface area contributed by atoms with Gasteiger partial charge in [0, 0.05) is 17.1 Å². The minimum absolute atomic E-state index is 0.145. The Hall–Kier alpha value is -2.80. The second kappa shape index (κ2) is 11.1. The second-order valence-electron chi connectivity index (χ2n) is 7.36. The third-order valence-electron chi connectivity index (χ3n) is 4.56. The van der Waals surface area contributed by atoms with Crippen molar-refractivity contribution in [3.05, 3.63) is 103 Å². The van der Waals surface area contributed by atoms with Crippen LogP contribution in [0.3, 0.4) is 0 Å². The summed E-state index contributed by atoms with van der Waals surface area (Å²) in [5.74, 6) is 0. The van der Waals surface area contributed by atoms with E-state index in [-0.39, 0.29) is 5.41 Å². The molecule has 0 spiro atoms. The van der Waals surface area contributed by atoms with E-state index in [1.54, 1.807) is 0 Å². The van der Waals surface area contributed by atoms with Crippen LogP contribution < -0.4 is 4.90 Å². The van der Waals surface area contributed by atoms with Crippen LogP contribution in [0.5, 0.6) is 0 Å². The molecule has 28 heavy (non-hydrogen) atoms. The van der Waals surface area contributed by atoms with Gasteiger partial charge < -0.3 is 4.90 Å². The lowest BCUT2D eigenvalue weighted by Crippen LogP contribution is -2.15. The van der Waals surface area contributed by atoms with Gasteiger partial charge >= 0.3 is 0 Å². The summed E-state index contributed by atoms with van der Waals surface area (Å²) in [6.45, 7) is 20.7. The van der Waals surface area contributed by atoms with Gasteiger partial charge in [0.1, 0.15) is 0 Å². The fourth-order valence-corrected chi connectivity index (χ4v) is 2.48. The summed E-state index contributed by atoms with van der Waals surface area (Å²) in [6, 6.07) is 18.7. The molecular weight excluding hydrogens is 338 g/mol. The largest absolute Gasteiger partial charge is 0.311 e. The zero-order chi connectivity index (χ0) is 21.2. The minimum atomic E-state index is 0.145. The van der Waals surface area contributed by atoms with Crippen molar-refractivity contribution in [3.8, 4) is 0 Å². The molecule has 0 fully saturated rings. The molecule has 148 valence electrons. The van der Waals surface area contributed by atoms with Crippen molar-refractivity contribution in [2.45, 2.75) is 41.5 Å². The molecule has 0 aliphatic heterocycles. The highest BCUT2D eigenvalue weighted by atomic mass is 15.1. The van der Waals surface area contributed by atoms with Crippen LogP contribution in [0.2, 0.25) is 0 Å². The van der Waals surface area contributed by atoms with E-state index in [1.165, 1.54) is 5.57 Å². The molecule has 1 heteroatoms. The first kappa shape index (κ1) is 23.2. The van der Waals surface area contributed by atoms with Crippen molar-refractivity contribution in [1.82, 2.24) is 0 Å². The number of allylic oxidation sites excluding steroid dienone is 4. The van der Waals surface area contributed by atoms with Crippen LogP contribution in [0.25, 0.3) is 6.08 Å². The van der Waals surface area contributed by atoms with E-state index in [0.717, 1.165) is 22.6 Å². The first-order valence-electron chi connectivity index (χ1n) is 9.96. The molecule has 0 saturated carbocycles. The maximum atomic E-state index is 4.05. The van der Waals surface area contributed by atoms with E-state index in [2.05, 4.69) is 106 Å². The number of para-hydroxylation sites is 1. The lowest BCUT2D eigenvalue weighted by atomic mass is 9.87. The molecule has 0 aromatic heterocycles. The fraction of sp³-hybridized carbons (Fsp3) is 0.259. The molecule has 0 unspecified atom stereocenters. The Balaban J connectivity index is 0.00000190. The molecule has 0 bridgehead atoms. The van der Waals surface area contributed by atoms with Crippen molar-refractivity contribution in [3.63, 3.8) is 0 Å². The molecule has 0 atom stereocenters. The Bertz CT molecular complexity index is 800. The maximum absolute atomic E-state index is 4.05. The summed E-state index contributed by atoms with van der Waals surface area (Å²) in [6.07, 6.45) is 8.09. The van der Waals surface area contributed by atoms with Crippen molar-refractivity contribution < 1.29 is 0 Å². The average molecular weight is 374 g/mol. The van der Waals surface area contributed by atoms with Crippen LogP contribution >= 0.6 is 0 Å². The van der Waals surface area contributed by atoms with E-state index >= 15 is 0 Å². The van der Waals surface area contributed by atoms with Crippen molar-refractivity contribution in [2.75, 3.05) is 4.90 Å². The molecule has 0 saturated heterocycles. The number of anilines is 2. The Morgan fingerprint density at radius 3 is 1.82 bits per heavy atom. The minimum Gasteiger partial charge on any atom is -0.311 e. The number of nitrogens with zero attached hydrogens (tertiary/aromatic N) is 1. The Morgan fingerprint density at radius 2 is 1.36 bits per heavy atom. The summed E-state index contributed by atoms with van der Waals surface area (Å²) in [7, 11) is 0. The van der Waals surface area contributed by atoms with E-state index in [4.69, 9.17) is 0 Å². The van der Waals surface area contributed by atoms with Gasteiger partial charge in [0.05, 0.1) is 0 Å². The zero-order valence-corrected chi connectivity index (χ0v) is 18.4. The number of benzene rings is 2. The topological polar surface area (TPSA) is 3.24 Å². The van der Waals surface area contributed by atoms with E-state index < -0.39 is 0 Å². The first-order chi connectivity index (χ1) is 13.4. The monoisotopic (exact) mass is 373 g/mol. The predicted octanol–water partition coefficient (Wildman–Crippen LogP) is 8.56. The third-order valence-corrected chi connectivity index (χ3v) is 4.56. The van der Waals surface area contributed by atoms with Gasteiger partial charge in [-0.1, -0.05) is 95.8 Å². The molecule has 0 amide bonds. The molecule has 0 aliphatic rings. The molecule has 1 nitrogen and oxygen atoms in total. The molecule has 0 radical (unpaired) electrons. The van der Waals surface area contributed by atoms with Crippen molar-refractivity contribution in [1.29, 1.82) is 0 Å². The van der Waals surface area contributed by atoms with E-state index in [9.17, 15) is 0 Å². The predicted molar refractivity (Wildman–Crippen MR) is 128 cm³/mol. The van der Waals surface area contributed by atoms with Gasteiger partial charge in [-0.3, -0.25) is 0 Å². The number of rotatable bonds is 6. The molecule has 0 aliphatic carbocycles. The van der Waals surface area contributed by atoms with Gasteiger partial charge in [0.2, 0.25) is 0 Å². The quantitative estimate of drug-likeness (QED) is 0.458. The van der Waals surface area contributed by atoms with Crippen molar-refractivity contribution >= 4 is 17.5 Å². The van der Waals surface area contributed by atoms with E-state index in [1.807, 2.05) is 32.1 Å². The maximum Gasteiger partial charge on any atom is 0.0462 e. The summed E-state index contributed by atoms with van der Waals surface area (Å²) >= 11 is 0. The van der Waals surface area contributed by atoms with Crippen LogP contribution in [0.4, 0.5) is 11.4 Å². The highest BCUT2D eigenvalue weighted by molar-refractivity contribution is 5.71. The van der Waals surface area contributed by atoms with Gasteiger partial charge in [-0.15, -0.1) is 0 Å². The average Bonchev–Trinajstić information content (AvgIpc) is 2.72. The number of hydrogen-bond donors (Lipinski definition) is 0. The lowest BCUT2D eigenvalue weighted by Gasteiger charge is -2.26. The lowest BCUT2D eigenvalue weighted by molar-refractivity contribution is 0.504. The molecular formula is C27H35N. The van der Waals surface area contributed by atoms with Gasteiger partial charge in [-0.2, -0.15) is 0 Å². The second-order valence-corrected chi connectivity index (χ2v) is 7.36. The molecule has 0 heterocycles. The van der Waals surface area contributed by atoms with Gasteiger partial charge in [-0.25, -0.2) is 0 Å². The molecule has 2 aromatic rings. The van der Waals surface area contributed by atoms with Gasteiger partial charge in [0.15, 0.2) is 0 Å². The summed E-state index contributed by atoms with van der Waals surface area (Å²) in [5, 5.41) is 0. The van der Waals surface area contributed by atoms with Crippen molar-refractivity contribution in [2.24, 2.45) is 5.41 Å². The normalized spacial score (nSPS) is 11.9. The molecule has 0 N–H and O–H groups in total. The van der Waals surface area contributed by atoms with Crippen LogP contribution in [0, 0.1) is 5.41 Å². The van der Waals surface area contributed by atoms with Crippen LogP contribution in [0.15, 0.2) is 97.3 Å². The fourth-order valence-electron chi connectivity index (χ4n) is 2.48. The van der Waals surface area contributed by atoms with Gasteiger partial charge in [-0.05, 0) is 54.3 Å². The molecule has 2 aromatic carbocycles. The SMILES string of the molecule is C=C/C(=C\C=C(/C)C(C)(C)C)N(c1ccccc1)c1ccc(C=C)cc1.CC. The Kier molecular flexibility index (Phi) is 9.24. The zero-order valence-electron chi connectivity index (χ0n) is 18.4. The smallest absolute Gasteiger partial charge is 0.0462 e. The standard InChI is InChI=1S/C25H29N.C2H6/c1-7-21-15-18-24(19-16-21)26(23-12-10-9-11-13-23)22(8-2)17-14-20(3)25(4,5)6;1-2/h7-19H,1-2H2,3-6H3;1-2H3/b20-14+,22-17+;. The van der Waals surface area contributed by atoms with Crippen LogP contribution in [-0.4, -0.2) is 0 Å². The van der Waals surface area contributed by atoms with Crippen LogP contribution in [-0.2, 0) is 0 Å². The van der Waals surface area contributed by atoms with E-state index in [0.29, 0.717) is 0 Å². The van der Waals surface area contributed by atoms with Gasteiger partial charge in [0.25, 0.3) is 0 Å². The molecule has 2 rings (SSSR count). The Morgan fingerprint density at radius 1 is 0.821 bits per heavy atom. The first-order valence-corrected chi connectivity index (χ1v) is 9.96. The summed E-state index contributed by atoms with van der Waals surface area (Å²) in [4.78, 5) is 2.21. The van der Waals surface area contributed by atoms with Crippen LogP contribution in [0.1, 0.15) is 47.1 Å². The summed E-state index contributed by atoms with van der Waals surface area (Å²) < 4.78 is 0. The summed E-state index contributed by atoms with van der Waals surface area (Å²) in [5.41, 5.74) is 5.81. The third kappa shape index (κ3) is 6.42.